The van der Waals surface area contributed by atoms with Crippen molar-refractivity contribution in [1.82, 2.24) is 9.78 Å². The molecule has 2 aromatic rings. The van der Waals surface area contributed by atoms with Crippen molar-refractivity contribution in [2.45, 2.75) is 25.9 Å². The molecule has 0 aliphatic heterocycles. The van der Waals surface area contributed by atoms with E-state index in [4.69, 9.17) is 40.5 Å². The topological polar surface area (TPSA) is 43.8 Å². The number of rotatable bonds is 3. The fourth-order valence-corrected chi connectivity index (χ4v) is 2.88. The van der Waals surface area contributed by atoms with Gasteiger partial charge in [0.1, 0.15) is 0 Å². The summed E-state index contributed by atoms with van der Waals surface area (Å²) in [4.78, 5) is 0. The Morgan fingerprint density at radius 1 is 1.11 bits per heavy atom. The van der Waals surface area contributed by atoms with E-state index in [-0.39, 0.29) is 6.04 Å². The van der Waals surface area contributed by atoms with E-state index < -0.39 is 6.04 Å². The first kappa shape index (κ1) is 14.7. The van der Waals surface area contributed by atoms with Gasteiger partial charge >= 0.3 is 0 Å². The van der Waals surface area contributed by atoms with Crippen molar-refractivity contribution in [3.63, 3.8) is 0 Å². The highest BCUT2D eigenvalue weighted by Crippen LogP contribution is 2.35. The molecule has 2 N–H and O–H groups in total. The SMILES string of the molecule is CC(C)n1ncc(Cl)c1C(N)c1c(Cl)cccc1Cl. The van der Waals surface area contributed by atoms with Gasteiger partial charge in [0, 0.05) is 21.7 Å². The number of nitrogens with zero attached hydrogens (tertiary/aromatic N) is 2. The predicted molar refractivity (Wildman–Crippen MR) is 80.1 cm³/mol. The van der Waals surface area contributed by atoms with E-state index in [1.165, 1.54) is 0 Å². The van der Waals surface area contributed by atoms with Gasteiger partial charge in [0.2, 0.25) is 0 Å². The number of halogens is 3. The second kappa shape index (κ2) is 5.71. The number of hydrogen-bond acceptors (Lipinski definition) is 2. The first-order valence-corrected chi connectivity index (χ1v) is 6.99. The van der Waals surface area contributed by atoms with Crippen LogP contribution in [0.5, 0.6) is 0 Å². The molecule has 0 bridgehead atoms. The van der Waals surface area contributed by atoms with E-state index in [0.717, 1.165) is 0 Å². The molecule has 2 rings (SSSR count). The van der Waals surface area contributed by atoms with Crippen LogP contribution in [0.3, 0.4) is 0 Å². The minimum absolute atomic E-state index is 0.148. The van der Waals surface area contributed by atoms with Crippen molar-refractivity contribution in [3.05, 3.63) is 50.7 Å². The Morgan fingerprint density at radius 3 is 2.21 bits per heavy atom. The molecule has 1 aromatic heterocycles. The summed E-state index contributed by atoms with van der Waals surface area (Å²) in [5, 5.41) is 5.79. The first-order valence-electron chi connectivity index (χ1n) is 5.86. The fraction of sp³-hybridized carbons (Fsp3) is 0.308. The standard InChI is InChI=1S/C13H14Cl3N3/c1-7(2)19-13(10(16)6-18-19)12(17)11-8(14)4-3-5-9(11)15/h3-7,12H,17H2,1-2H3. The molecule has 0 amide bonds. The highest BCUT2D eigenvalue weighted by Gasteiger charge is 2.23. The molecule has 1 heterocycles. The summed E-state index contributed by atoms with van der Waals surface area (Å²) >= 11 is 18.6. The zero-order chi connectivity index (χ0) is 14.2. The smallest absolute Gasteiger partial charge is 0.0837 e. The molecule has 0 aliphatic carbocycles. The molecule has 19 heavy (non-hydrogen) atoms. The van der Waals surface area contributed by atoms with Crippen LogP contribution >= 0.6 is 34.8 Å². The van der Waals surface area contributed by atoms with E-state index in [9.17, 15) is 0 Å². The minimum atomic E-state index is -0.515. The summed E-state index contributed by atoms with van der Waals surface area (Å²) in [5.74, 6) is 0. The van der Waals surface area contributed by atoms with E-state index in [1.54, 1.807) is 29.1 Å². The quantitative estimate of drug-likeness (QED) is 0.907. The molecule has 0 saturated carbocycles. The van der Waals surface area contributed by atoms with Crippen molar-refractivity contribution in [2.75, 3.05) is 0 Å². The lowest BCUT2D eigenvalue weighted by Gasteiger charge is -2.19. The van der Waals surface area contributed by atoms with Crippen LogP contribution in [0.4, 0.5) is 0 Å². The molecule has 1 atom stereocenters. The van der Waals surface area contributed by atoms with Gasteiger partial charge in [-0.05, 0) is 26.0 Å². The number of benzene rings is 1. The van der Waals surface area contributed by atoms with Crippen LogP contribution in [-0.4, -0.2) is 9.78 Å². The molecule has 0 aliphatic rings. The van der Waals surface area contributed by atoms with Crippen LogP contribution in [0.1, 0.15) is 37.2 Å². The van der Waals surface area contributed by atoms with Gasteiger partial charge in [-0.3, -0.25) is 4.68 Å². The lowest BCUT2D eigenvalue weighted by Crippen LogP contribution is -2.20. The van der Waals surface area contributed by atoms with Gasteiger partial charge in [0.15, 0.2) is 0 Å². The van der Waals surface area contributed by atoms with Gasteiger partial charge < -0.3 is 5.73 Å². The van der Waals surface area contributed by atoms with Crippen LogP contribution < -0.4 is 5.73 Å². The molecule has 0 saturated heterocycles. The third kappa shape index (κ3) is 2.75. The molecular formula is C13H14Cl3N3. The van der Waals surface area contributed by atoms with Crippen LogP contribution in [0.25, 0.3) is 0 Å². The predicted octanol–water partition coefficient (Wildman–Crippen LogP) is 4.47. The molecule has 0 radical (unpaired) electrons. The number of nitrogens with two attached hydrogens (primary N) is 1. The maximum atomic E-state index is 6.29. The Hall–Kier alpha value is -0.740. The van der Waals surface area contributed by atoms with Crippen molar-refractivity contribution in [3.8, 4) is 0 Å². The Labute approximate surface area is 127 Å². The van der Waals surface area contributed by atoms with Crippen molar-refractivity contribution >= 4 is 34.8 Å². The number of hydrogen-bond donors (Lipinski definition) is 1. The molecule has 1 aromatic carbocycles. The lowest BCUT2D eigenvalue weighted by molar-refractivity contribution is 0.499. The van der Waals surface area contributed by atoms with Crippen LogP contribution in [0.2, 0.25) is 15.1 Å². The summed E-state index contributed by atoms with van der Waals surface area (Å²) in [6.45, 7) is 4.02. The van der Waals surface area contributed by atoms with Gasteiger partial charge in [0.25, 0.3) is 0 Å². The summed E-state index contributed by atoms with van der Waals surface area (Å²) in [5.41, 5.74) is 7.66. The second-order valence-electron chi connectivity index (χ2n) is 4.53. The maximum Gasteiger partial charge on any atom is 0.0837 e. The molecule has 1 unspecified atom stereocenters. The van der Waals surface area contributed by atoms with E-state index in [1.807, 2.05) is 13.8 Å². The largest absolute Gasteiger partial charge is 0.319 e. The molecule has 6 heteroatoms. The molecule has 3 nitrogen and oxygen atoms in total. The van der Waals surface area contributed by atoms with Crippen LogP contribution in [0, 0.1) is 0 Å². The normalized spacial score (nSPS) is 13.0. The highest BCUT2D eigenvalue weighted by molar-refractivity contribution is 6.36. The average molecular weight is 319 g/mol. The molecule has 0 spiro atoms. The van der Waals surface area contributed by atoms with E-state index in [0.29, 0.717) is 26.3 Å². The van der Waals surface area contributed by atoms with Crippen LogP contribution in [0.15, 0.2) is 24.4 Å². The maximum absolute atomic E-state index is 6.29. The van der Waals surface area contributed by atoms with Crippen molar-refractivity contribution in [2.24, 2.45) is 5.73 Å². The van der Waals surface area contributed by atoms with Gasteiger partial charge in [-0.15, -0.1) is 0 Å². The zero-order valence-corrected chi connectivity index (χ0v) is 12.8. The average Bonchev–Trinajstić information content (AvgIpc) is 2.70. The molecular weight excluding hydrogens is 305 g/mol. The molecule has 102 valence electrons. The monoisotopic (exact) mass is 317 g/mol. The second-order valence-corrected chi connectivity index (χ2v) is 5.75. The lowest BCUT2D eigenvalue weighted by atomic mass is 10.0. The van der Waals surface area contributed by atoms with Crippen molar-refractivity contribution in [1.29, 1.82) is 0 Å². The van der Waals surface area contributed by atoms with E-state index >= 15 is 0 Å². The van der Waals surface area contributed by atoms with Crippen LogP contribution in [-0.2, 0) is 0 Å². The number of aromatic nitrogens is 2. The third-order valence-electron chi connectivity index (χ3n) is 2.88. The Morgan fingerprint density at radius 2 is 1.68 bits per heavy atom. The summed E-state index contributed by atoms with van der Waals surface area (Å²) in [6.07, 6.45) is 1.58. The van der Waals surface area contributed by atoms with E-state index in [2.05, 4.69) is 5.10 Å². The first-order chi connectivity index (χ1) is 8.93. The summed E-state index contributed by atoms with van der Waals surface area (Å²) in [7, 11) is 0. The van der Waals surface area contributed by atoms with Gasteiger partial charge in [-0.25, -0.2) is 0 Å². The Kier molecular flexibility index (Phi) is 4.41. The van der Waals surface area contributed by atoms with Gasteiger partial charge in [-0.1, -0.05) is 40.9 Å². The summed E-state index contributed by atoms with van der Waals surface area (Å²) < 4.78 is 1.78. The highest BCUT2D eigenvalue weighted by atomic mass is 35.5. The summed E-state index contributed by atoms with van der Waals surface area (Å²) in [6, 6.07) is 4.93. The van der Waals surface area contributed by atoms with Gasteiger partial charge in [-0.2, -0.15) is 5.10 Å². The fourth-order valence-electron chi connectivity index (χ4n) is 2.00. The molecule has 0 fully saturated rings. The third-order valence-corrected chi connectivity index (χ3v) is 3.83. The Balaban J connectivity index is 2.56. The Bertz CT molecular complexity index is 573. The van der Waals surface area contributed by atoms with Crippen molar-refractivity contribution < 1.29 is 0 Å². The van der Waals surface area contributed by atoms with Gasteiger partial charge in [0.05, 0.1) is 23.0 Å². The zero-order valence-electron chi connectivity index (χ0n) is 10.6. The minimum Gasteiger partial charge on any atom is -0.319 e.